The summed E-state index contributed by atoms with van der Waals surface area (Å²) in [4.78, 5) is 10.6. The van der Waals surface area contributed by atoms with Gasteiger partial charge in [-0.1, -0.05) is 6.92 Å². The molecule has 3 nitrogen and oxygen atoms in total. The summed E-state index contributed by atoms with van der Waals surface area (Å²) in [5.41, 5.74) is 0.0845. The predicted molar refractivity (Wildman–Crippen MR) is 54.0 cm³/mol. The van der Waals surface area contributed by atoms with Crippen LogP contribution in [0.2, 0.25) is 0 Å². The number of hydrogen-bond donors (Lipinski definition) is 0. The molecule has 1 aliphatic heterocycles. The minimum Gasteiger partial charge on any atom is -0.466 e. The van der Waals surface area contributed by atoms with Gasteiger partial charge < -0.3 is 9.47 Å². The van der Waals surface area contributed by atoms with Crippen molar-refractivity contribution in [2.24, 2.45) is 5.92 Å². The molecular formula is C11H20O3. The van der Waals surface area contributed by atoms with Crippen molar-refractivity contribution in [3.05, 3.63) is 0 Å². The third kappa shape index (κ3) is 3.66. The fraction of sp³-hybridized carbons (Fsp3) is 0.909. The van der Waals surface area contributed by atoms with E-state index in [1.807, 2.05) is 0 Å². The Bertz CT molecular complexity index is 211. The Morgan fingerprint density at radius 1 is 1.57 bits per heavy atom. The molecule has 2 unspecified atom stereocenters. The first-order valence-electron chi connectivity index (χ1n) is 5.23. The maximum Gasteiger partial charge on any atom is 0.302 e. The zero-order chi connectivity index (χ0) is 10.8. The molecule has 3 heteroatoms. The van der Waals surface area contributed by atoms with Crippen LogP contribution in [0.5, 0.6) is 0 Å². The number of ether oxygens (including phenoxy) is 2. The Hall–Kier alpha value is -0.570. The average molecular weight is 200 g/mol. The fourth-order valence-corrected chi connectivity index (χ4v) is 1.52. The van der Waals surface area contributed by atoms with Crippen molar-refractivity contribution in [2.45, 2.75) is 52.2 Å². The van der Waals surface area contributed by atoms with Crippen LogP contribution < -0.4 is 0 Å². The van der Waals surface area contributed by atoms with Crippen molar-refractivity contribution in [3.63, 3.8) is 0 Å². The molecule has 1 rings (SSSR count). The molecule has 1 saturated heterocycles. The molecule has 0 aliphatic carbocycles. The smallest absolute Gasteiger partial charge is 0.302 e. The van der Waals surface area contributed by atoms with Gasteiger partial charge in [-0.3, -0.25) is 4.79 Å². The van der Waals surface area contributed by atoms with Crippen molar-refractivity contribution >= 4 is 5.97 Å². The second-order valence-electron chi connectivity index (χ2n) is 4.70. The van der Waals surface area contributed by atoms with E-state index in [9.17, 15) is 4.79 Å². The lowest BCUT2D eigenvalue weighted by Crippen LogP contribution is -2.11. The number of esters is 1. The molecule has 1 fully saturated rings. The molecule has 0 spiro atoms. The first kappa shape index (κ1) is 11.5. The highest BCUT2D eigenvalue weighted by Crippen LogP contribution is 2.38. The Balaban J connectivity index is 2.04. The Labute approximate surface area is 85.8 Å². The van der Waals surface area contributed by atoms with Crippen LogP contribution in [-0.2, 0) is 14.3 Å². The Kier molecular flexibility index (Phi) is 3.53. The van der Waals surface area contributed by atoms with E-state index in [2.05, 4.69) is 20.8 Å². The average Bonchev–Trinajstić information content (AvgIpc) is 2.67. The highest BCUT2D eigenvalue weighted by molar-refractivity contribution is 5.65. The second kappa shape index (κ2) is 4.30. The SMILES string of the molecule is CC(=O)OCC(C)CCC1OC1(C)C. The quantitative estimate of drug-likeness (QED) is 0.504. The maximum atomic E-state index is 10.6. The molecule has 0 amide bonds. The van der Waals surface area contributed by atoms with Gasteiger partial charge in [-0.25, -0.2) is 0 Å². The number of epoxide rings is 1. The van der Waals surface area contributed by atoms with Gasteiger partial charge in [-0.2, -0.15) is 0 Å². The largest absolute Gasteiger partial charge is 0.466 e. The summed E-state index contributed by atoms with van der Waals surface area (Å²) in [6, 6.07) is 0. The van der Waals surface area contributed by atoms with Crippen LogP contribution in [0.15, 0.2) is 0 Å². The lowest BCUT2D eigenvalue weighted by Gasteiger charge is -2.10. The van der Waals surface area contributed by atoms with Crippen molar-refractivity contribution in [3.8, 4) is 0 Å². The van der Waals surface area contributed by atoms with Crippen molar-refractivity contribution in [2.75, 3.05) is 6.61 Å². The molecule has 0 aromatic carbocycles. The van der Waals surface area contributed by atoms with Crippen LogP contribution in [0.3, 0.4) is 0 Å². The molecular weight excluding hydrogens is 180 g/mol. The van der Waals surface area contributed by atoms with Crippen LogP contribution in [0.1, 0.15) is 40.5 Å². The van der Waals surface area contributed by atoms with E-state index < -0.39 is 0 Å². The molecule has 0 bridgehead atoms. The van der Waals surface area contributed by atoms with E-state index >= 15 is 0 Å². The van der Waals surface area contributed by atoms with E-state index in [0.29, 0.717) is 18.6 Å². The third-order valence-electron chi connectivity index (χ3n) is 2.66. The van der Waals surface area contributed by atoms with E-state index in [1.165, 1.54) is 6.92 Å². The van der Waals surface area contributed by atoms with Gasteiger partial charge in [0.05, 0.1) is 18.3 Å². The molecule has 0 saturated carbocycles. The van der Waals surface area contributed by atoms with E-state index in [4.69, 9.17) is 9.47 Å². The third-order valence-corrected chi connectivity index (χ3v) is 2.66. The Morgan fingerprint density at radius 3 is 2.57 bits per heavy atom. The van der Waals surface area contributed by atoms with Crippen LogP contribution in [0, 0.1) is 5.92 Å². The van der Waals surface area contributed by atoms with Crippen molar-refractivity contribution < 1.29 is 14.3 Å². The van der Waals surface area contributed by atoms with Gasteiger partial charge in [-0.05, 0) is 32.6 Å². The fourth-order valence-electron chi connectivity index (χ4n) is 1.52. The molecule has 0 aromatic heterocycles. The van der Waals surface area contributed by atoms with E-state index in [1.54, 1.807) is 0 Å². The van der Waals surface area contributed by atoms with Gasteiger partial charge in [0, 0.05) is 6.92 Å². The minimum absolute atomic E-state index is 0.0845. The number of carbonyl (C=O) groups excluding carboxylic acids is 1. The van der Waals surface area contributed by atoms with Gasteiger partial charge in [0.15, 0.2) is 0 Å². The van der Waals surface area contributed by atoms with Crippen molar-refractivity contribution in [1.29, 1.82) is 0 Å². The second-order valence-corrected chi connectivity index (χ2v) is 4.70. The van der Waals surface area contributed by atoms with Gasteiger partial charge >= 0.3 is 5.97 Å². The number of carbonyl (C=O) groups is 1. The molecule has 1 aliphatic rings. The Morgan fingerprint density at radius 2 is 2.14 bits per heavy atom. The van der Waals surface area contributed by atoms with Crippen LogP contribution in [-0.4, -0.2) is 24.3 Å². The first-order valence-corrected chi connectivity index (χ1v) is 5.23. The topological polar surface area (TPSA) is 38.8 Å². The first-order chi connectivity index (χ1) is 6.42. The van der Waals surface area contributed by atoms with Crippen LogP contribution >= 0.6 is 0 Å². The monoisotopic (exact) mass is 200 g/mol. The number of rotatable bonds is 5. The van der Waals surface area contributed by atoms with Gasteiger partial charge in [0.25, 0.3) is 0 Å². The summed E-state index contributed by atoms with van der Waals surface area (Å²) >= 11 is 0. The van der Waals surface area contributed by atoms with E-state index in [0.717, 1.165) is 12.8 Å². The summed E-state index contributed by atoms with van der Waals surface area (Å²) in [6.07, 6.45) is 2.53. The lowest BCUT2D eigenvalue weighted by atomic mass is 10.0. The van der Waals surface area contributed by atoms with Gasteiger partial charge in [0.1, 0.15) is 0 Å². The van der Waals surface area contributed by atoms with E-state index in [-0.39, 0.29) is 11.6 Å². The zero-order valence-corrected chi connectivity index (χ0v) is 9.50. The van der Waals surface area contributed by atoms with Crippen molar-refractivity contribution in [1.82, 2.24) is 0 Å². The van der Waals surface area contributed by atoms with Crippen LogP contribution in [0.25, 0.3) is 0 Å². The number of hydrogen-bond acceptors (Lipinski definition) is 3. The zero-order valence-electron chi connectivity index (χ0n) is 9.50. The minimum atomic E-state index is -0.195. The molecule has 0 N–H and O–H groups in total. The predicted octanol–water partition coefficient (Wildman–Crippen LogP) is 2.14. The summed E-state index contributed by atoms with van der Waals surface area (Å²) in [5, 5.41) is 0. The lowest BCUT2D eigenvalue weighted by molar-refractivity contribution is -0.142. The molecule has 1 heterocycles. The summed E-state index contributed by atoms with van der Waals surface area (Å²) in [6.45, 7) is 8.28. The highest BCUT2D eigenvalue weighted by Gasteiger charge is 2.46. The molecule has 14 heavy (non-hydrogen) atoms. The normalized spacial score (nSPS) is 25.6. The van der Waals surface area contributed by atoms with Gasteiger partial charge in [0.2, 0.25) is 0 Å². The van der Waals surface area contributed by atoms with Gasteiger partial charge in [-0.15, -0.1) is 0 Å². The molecule has 2 atom stereocenters. The maximum absolute atomic E-state index is 10.6. The summed E-state index contributed by atoms with van der Waals surface area (Å²) < 4.78 is 10.4. The highest BCUT2D eigenvalue weighted by atomic mass is 16.6. The summed E-state index contributed by atoms with van der Waals surface area (Å²) in [5.74, 6) is 0.235. The standard InChI is InChI=1S/C11H20O3/c1-8(7-13-9(2)12)5-6-10-11(3,4)14-10/h8,10H,5-7H2,1-4H3. The van der Waals surface area contributed by atoms with Crippen LogP contribution in [0.4, 0.5) is 0 Å². The molecule has 0 aromatic rings. The molecule has 82 valence electrons. The molecule has 0 radical (unpaired) electrons. The summed E-state index contributed by atoms with van der Waals surface area (Å²) in [7, 11) is 0.